The Kier molecular flexibility index (Phi) is 9.50. The molecule has 0 atom stereocenters. The van der Waals surface area contributed by atoms with Gasteiger partial charge in [-0.1, -0.05) is 18.2 Å². The van der Waals surface area contributed by atoms with Crippen molar-refractivity contribution >= 4 is 48.6 Å². The molecule has 3 aromatic rings. The fourth-order valence-corrected chi connectivity index (χ4v) is 6.19. The minimum Gasteiger partial charge on any atom is -0.493 e. The van der Waals surface area contributed by atoms with E-state index < -0.39 is 25.1 Å². The molecule has 0 unspecified atom stereocenters. The van der Waals surface area contributed by atoms with Crippen LogP contribution in [0.2, 0.25) is 0 Å². The highest BCUT2D eigenvalue weighted by atomic mass is 32.2. The third-order valence-corrected chi connectivity index (χ3v) is 8.91. The Morgan fingerprint density at radius 1 is 0.864 bits per heavy atom. The zero-order valence-corrected chi connectivity index (χ0v) is 27.0. The summed E-state index contributed by atoms with van der Waals surface area (Å²) in [5, 5.41) is 2.89. The average Bonchev–Trinajstić information content (AvgIpc) is 2.94. The average molecular weight is 639 g/mol. The van der Waals surface area contributed by atoms with E-state index in [4.69, 9.17) is 4.74 Å². The molecule has 0 aromatic heterocycles. The van der Waals surface area contributed by atoms with E-state index in [2.05, 4.69) is 5.32 Å². The van der Waals surface area contributed by atoms with Crippen LogP contribution in [0.3, 0.4) is 0 Å². The SMILES string of the molecule is CCOc1cc(Nc2ccc(C)c(S(=O)(=O)O)c2)c(S(=O)(=O)O)cc1C(=C1C=CC(=[N+](C)C)C=C1)c1ccc(N(C)C)cc1. The minimum absolute atomic E-state index is 0.0462. The molecule has 0 spiro atoms. The van der Waals surface area contributed by atoms with E-state index in [0.29, 0.717) is 22.4 Å². The van der Waals surface area contributed by atoms with Crippen LogP contribution in [0.4, 0.5) is 17.1 Å². The van der Waals surface area contributed by atoms with Crippen molar-refractivity contribution in [3.8, 4) is 5.75 Å². The molecule has 4 rings (SSSR count). The first-order valence-electron chi connectivity index (χ1n) is 13.7. The zero-order valence-electron chi connectivity index (χ0n) is 25.4. The zero-order chi connectivity index (χ0) is 32.4. The van der Waals surface area contributed by atoms with E-state index in [1.165, 1.54) is 37.3 Å². The Balaban J connectivity index is 2.00. The van der Waals surface area contributed by atoms with Crippen LogP contribution in [0.1, 0.15) is 23.6 Å². The van der Waals surface area contributed by atoms with Gasteiger partial charge in [0.1, 0.15) is 24.7 Å². The number of benzene rings is 3. The second-order valence-electron chi connectivity index (χ2n) is 10.6. The highest BCUT2D eigenvalue weighted by Crippen LogP contribution is 2.41. The van der Waals surface area contributed by atoms with Crippen LogP contribution in [-0.4, -0.2) is 71.0 Å². The smallest absolute Gasteiger partial charge is 0.296 e. The van der Waals surface area contributed by atoms with Crippen LogP contribution in [0.15, 0.2) is 94.3 Å². The third-order valence-electron chi connectivity index (χ3n) is 7.02. The molecule has 1 aliphatic carbocycles. The first-order valence-corrected chi connectivity index (χ1v) is 16.5. The number of hydrogen-bond donors (Lipinski definition) is 3. The molecule has 44 heavy (non-hydrogen) atoms. The molecule has 0 saturated carbocycles. The van der Waals surface area contributed by atoms with Crippen LogP contribution < -0.4 is 15.0 Å². The quantitative estimate of drug-likeness (QED) is 0.210. The van der Waals surface area contributed by atoms with Gasteiger partial charge in [-0.05, 0) is 78.6 Å². The van der Waals surface area contributed by atoms with E-state index in [1.807, 2.05) is 86.2 Å². The Morgan fingerprint density at radius 2 is 1.48 bits per heavy atom. The number of nitrogens with one attached hydrogen (secondary N) is 1. The lowest BCUT2D eigenvalue weighted by Crippen LogP contribution is -2.11. The highest BCUT2D eigenvalue weighted by molar-refractivity contribution is 7.86. The molecule has 0 saturated heterocycles. The highest BCUT2D eigenvalue weighted by Gasteiger charge is 2.25. The maximum atomic E-state index is 12.8. The standard InChI is InChI=1S/C32H35N3O7S2/c1-7-42-29-20-28(33-24-13-8-21(2)30(18-24)43(36,37)38)31(44(39,40)41)19-27(29)32(22-9-14-25(15-10-22)34(3)4)23-11-16-26(17-12-23)35(5)6/h8-20H,7H2,1-6H3,(H2,36,37,38,39,40,41)/p+1. The summed E-state index contributed by atoms with van der Waals surface area (Å²) in [4.78, 5) is 1.18. The molecule has 12 heteroatoms. The number of rotatable bonds is 9. The predicted octanol–water partition coefficient (Wildman–Crippen LogP) is 5.34. The lowest BCUT2D eigenvalue weighted by atomic mass is 9.89. The number of aryl methyl sites for hydroxylation is 1. The summed E-state index contributed by atoms with van der Waals surface area (Å²) in [6.45, 7) is 3.57. The van der Waals surface area contributed by atoms with Crippen molar-refractivity contribution < 1.29 is 35.3 Å². The Bertz CT molecular complexity index is 1920. The summed E-state index contributed by atoms with van der Waals surface area (Å²) in [6, 6.07) is 14.8. The second kappa shape index (κ2) is 12.8. The number of ether oxygens (including phenoxy) is 1. The van der Waals surface area contributed by atoms with Gasteiger partial charge in [0.15, 0.2) is 5.71 Å². The summed E-state index contributed by atoms with van der Waals surface area (Å²) in [5.74, 6) is 0.327. The first kappa shape index (κ1) is 32.7. The molecule has 3 N–H and O–H groups in total. The summed E-state index contributed by atoms with van der Waals surface area (Å²) in [7, 11) is -1.60. The fraction of sp³-hybridized carbons (Fsp3) is 0.219. The molecule has 0 radical (unpaired) electrons. The minimum atomic E-state index is -4.80. The van der Waals surface area contributed by atoms with Crippen molar-refractivity contribution in [1.29, 1.82) is 0 Å². The Hall–Kier alpha value is -4.23. The van der Waals surface area contributed by atoms with E-state index in [9.17, 15) is 25.9 Å². The van der Waals surface area contributed by atoms with Gasteiger partial charge >= 0.3 is 0 Å². The number of allylic oxidation sites excluding steroid dienone is 5. The van der Waals surface area contributed by atoms with Crippen molar-refractivity contribution in [1.82, 2.24) is 0 Å². The molecular weight excluding hydrogens is 603 g/mol. The van der Waals surface area contributed by atoms with Gasteiger partial charge in [0, 0.05) is 49.3 Å². The maximum absolute atomic E-state index is 12.8. The van der Waals surface area contributed by atoms with Gasteiger partial charge in [0.05, 0.1) is 17.2 Å². The largest absolute Gasteiger partial charge is 0.493 e. The third kappa shape index (κ3) is 7.28. The Labute approximate surface area is 258 Å². The van der Waals surface area contributed by atoms with Gasteiger partial charge in [0.25, 0.3) is 20.2 Å². The van der Waals surface area contributed by atoms with E-state index in [-0.39, 0.29) is 22.9 Å². The molecular formula is C32H36N3O7S2+. The van der Waals surface area contributed by atoms with Gasteiger partial charge in [-0.25, -0.2) is 4.58 Å². The second-order valence-corrected chi connectivity index (χ2v) is 13.4. The molecule has 0 heterocycles. The van der Waals surface area contributed by atoms with Crippen molar-refractivity contribution in [2.75, 3.05) is 45.0 Å². The van der Waals surface area contributed by atoms with Crippen molar-refractivity contribution in [2.45, 2.75) is 23.6 Å². The van der Waals surface area contributed by atoms with Crippen molar-refractivity contribution in [2.24, 2.45) is 0 Å². The molecule has 1 aliphatic rings. The van der Waals surface area contributed by atoms with Gasteiger partial charge < -0.3 is 15.0 Å². The molecule has 0 amide bonds. The van der Waals surface area contributed by atoms with Gasteiger partial charge in [-0.2, -0.15) is 16.8 Å². The molecule has 232 valence electrons. The number of hydrogen-bond acceptors (Lipinski definition) is 7. The number of nitrogens with zero attached hydrogens (tertiary/aromatic N) is 2. The summed E-state index contributed by atoms with van der Waals surface area (Å²) >= 11 is 0. The molecule has 0 fully saturated rings. The van der Waals surface area contributed by atoms with Crippen LogP contribution in [0.25, 0.3) is 5.57 Å². The molecule has 10 nitrogen and oxygen atoms in total. The van der Waals surface area contributed by atoms with Gasteiger partial charge in [-0.15, -0.1) is 0 Å². The monoisotopic (exact) mass is 638 g/mol. The van der Waals surface area contributed by atoms with Gasteiger partial charge in [-0.3, -0.25) is 9.11 Å². The Morgan fingerprint density at radius 3 is 2.00 bits per heavy atom. The summed E-state index contributed by atoms with van der Waals surface area (Å²) in [6.07, 6.45) is 7.77. The van der Waals surface area contributed by atoms with Gasteiger partial charge in [0.2, 0.25) is 0 Å². The summed E-state index contributed by atoms with van der Waals surface area (Å²) < 4.78 is 77.4. The molecule has 0 aliphatic heterocycles. The number of anilines is 3. The van der Waals surface area contributed by atoms with E-state index in [1.54, 1.807) is 6.92 Å². The molecule has 3 aromatic carbocycles. The lowest BCUT2D eigenvalue weighted by Gasteiger charge is -2.21. The van der Waals surface area contributed by atoms with Crippen molar-refractivity contribution in [3.63, 3.8) is 0 Å². The topological polar surface area (TPSA) is 136 Å². The maximum Gasteiger partial charge on any atom is 0.296 e. The lowest BCUT2D eigenvalue weighted by molar-refractivity contribution is -0.462. The normalized spacial score (nSPS) is 13.2. The van der Waals surface area contributed by atoms with Crippen LogP contribution in [0, 0.1) is 6.92 Å². The molecule has 0 bridgehead atoms. The fourth-order valence-electron chi connectivity index (χ4n) is 4.78. The van der Waals surface area contributed by atoms with Crippen LogP contribution >= 0.6 is 0 Å². The van der Waals surface area contributed by atoms with E-state index >= 15 is 0 Å². The first-order chi connectivity index (χ1) is 20.6. The van der Waals surface area contributed by atoms with E-state index in [0.717, 1.165) is 22.5 Å². The van der Waals surface area contributed by atoms with Crippen LogP contribution in [0.5, 0.6) is 5.75 Å². The summed E-state index contributed by atoms with van der Waals surface area (Å²) in [5.41, 5.74) is 5.04. The van der Waals surface area contributed by atoms with Crippen molar-refractivity contribution in [3.05, 3.63) is 101 Å². The van der Waals surface area contributed by atoms with Crippen LogP contribution in [-0.2, 0) is 20.2 Å². The predicted molar refractivity (Wildman–Crippen MR) is 174 cm³/mol.